The van der Waals surface area contributed by atoms with Crippen LogP contribution in [0.25, 0.3) is 21.9 Å². The first kappa shape index (κ1) is 17.4. The number of aromatic amines is 1. The third-order valence-corrected chi connectivity index (χ3v) is 4.74. The molecular weight excluding hydrogens is 312 g/mol. The van der Waals surface area contributed by atoms with E-state index in [-0.39, 0.29) is 0 Å². The molecule has 0 amide bonds. The lowest BCUT2D eigenvalue weighted by atomic mass is 9.87. The average Bonchev–Trinajstić information content (AvgIpc) is 3.09. The van der Waals surface area contributed by atoms with Crippen LogP contribution in [0.2, 0.25) is 0 Å². The molecule has 1 saturated carbocycles. The predicted octanol–water partition coefficient (Wildman–Crippen LogP) is 4.64. The second-order valence-electron chi connectivity index (χ2n) is 6.70. The van der Waals surface area contributed by atoms with Crippen LogP contribution in [-0.2, 0) is 0 Å². The van der Waals surface area contributed by atoms with Crippen molar-refractivity contribution in [1.29, 1.82) is 5.26 Å². The van der Waals surface area contributed by atoms with Gasteiger partial charge in [-0.05, 0) is 31.7 Å². The molecule has 0 bridgehead atoms. The lowest BCUT2D eigenvalue weighted by molar-refractivity contribution is 0.190. The molecule has 2 N–H and O–H groups in total. The van der Waals surface area contributed by atoms with Crippen molar-refractivity contribution in [1.82, 2.24) is 15.0 Å². The largest absolute Gasteiger partial charge is 0.385 e. The highest BCUT2D eigenvalue weighted by Crippen LogP contribution is 2.25. The monoisotopic (exact) mass is 336 g/mol. The minimum atomic E-state index is -0.592. The quantitative estimate of drug-likeness (QED) is 0.713. The Bertz CT molecular complexity index is 872. The van der Waals surface area contributed by atoms with Gasteiger partial charge in [0, 0.05) is 11.8 Å². The lowest BCUT2D eigenvalue weighted by Gasteiger charge is -2.17. The van der Waals surface area contributed by atoms with Crippen molar-refractivity contribution < 1.29 is 5.11 Å². The maximum absolute atomic E-state index is 9.48. The van der Waals surface area contributed by atoms with Gasteiger partial charge < -0.3 is 10.1 Å². The Morgan fingerprint density at radius 3 is 2.76 bits per heavy atom. The summed E-state index contributed by atoms with van der Waals surface area (Å²) in [5.41, 5.74) is 2.63. The van der Waals surface area contributed by atoms with Gasteiger partial charge in [-0.3, -0.25) is 4.98 Å². The van der Waals surface area contributed by atoms with E-state index in [9.17, 15) is 5.11 Å². The van der Waals surface area contributed by atoms with Gasteiger partial charge in [0.2, 0.25) is 0 Å². The standard InChI is InChI=1S/C12H11N3O.C8H13N/c1-7(16)12-14-10-6-13-9-5-3-2-4-8(9)11(10)15-12;9-7-6-8-4-2-1-3-5-8/h2-7,16H,1H3,(H,14,15);8H,1-6H2. The van der Waals surface area contributed by atoms with Crippen molar-refractivity contribution in [2.24, 2.45) is 5.92 Å². The minimum absolute atomic E-state index is 0.577. The molecule has 1 aliphatic rings. The molecule has 25 heavy (non-hydrogen) atoms. The van der Waals surface area contributed by atoms with Gasteiger partial charge in [0.15, 0.2) is 0 Å². The van der Waals surface area contributed by atoms with Crippen molar-refractivity contribution in [2.45, 2.75) is 51.6 Å². The Morgan fingerprint density at radius 1 is 1.28 bits per heavy atom. The number of fused-ring (bicyclic) bond motifs is 3. The molecule has 0 aliphatic heterocycles. The molecular formula is C20H24N4O. The van der Waals surface area contributed by atoms with E-state index in [1.807, 2.05) is 24.3 Å². The first-order valence-corrected chi connectivity index (χ1v) is 8.97. The molecule has 2 heterocycles. The zero-order valence-electron chi connectivity index (χ0n) is 14.6. The first-order chi connectivity index (χ1) is 12.2. The third kappa shape index (κ3) is 4.15. The zero-order chi connectivity index (χ0) is 17.6. The van der Waals surface area contributed by atoms with E-state index in [2.05, 4.69) is 21.0 Å². The number of pyridine rings is 1. The highest BCUT2D eigenvalue weighted by atomic mass is 16.3. The lowest BCUT2D eigenvalue weighted by Crippen LogP contribution is -2.04. The Morgan fingerprint density at radius 2 is 2.04 bits per heavy atom. The van der Waals surface area contributed by atoms with Gasteiger partial charge in [-0.1, -0.05) is 37.5 Å². The number of benzene rings is 1. The molecule has 0 saturated heterocycles. The number of aliphatic hydroxyl groups excluding tert-OH is 1. The topological polar surface area (TPSA) is 85.6 Å². The minimum Gasteiger partial charge on any atom is -0.385 e. The molecule has 5 heteroatoms. The number of H-pyrrole nitrogens is 1. The summed E-state index contributed by atoms with van der Waals surface area (Å²) in [6.45, 7) is 1.69. The van der Waals surface area contributed by atoms with E-state index in [1.54, 1.807) is 13.1 Å². The number of hydrogen-bond acceptors (Lipinski definition) is 4. The number of aromatic nitrogens is 3. The molecule has 130 valence electrons. The first-order valence-electron chi connectivity index (χ1n) is 8.97. The smallest absolute Gasteiger partial charge is 0.136 e. The molecule has 0 spiro atoms. The van der Waals surface area contributed by atoms with E-state index in [0.717, 1.165) is 34.3 Å². The van der Waals surface area contributed by atoms with Gasteiger partial charge in [-0.2, -0.15) is 5.26 Å². The second kappa shape index (κ2) is 8.09. The fourth-order valence-electron chi connectivity index (χ4n) is 3.34. The molecule has 5 nitrogen and oxygen atoms in total. The molecule has 1 fully saturated rings. The summed E-state index contributed by atoms with van der Waals surface area (Å²) in [4.78, 5) is 11.8. The van der Waals surface area contributed by atoms with Gasteiger partial charge >= 0.3 is 0 Å². The Hall–Kier alpha value is -2.45. The Kier molecular flexibility index (Phi) is 5.62. The van der Waals surface area contributed by atoms with Crippen molar-refractivity contribution in [3.05, 3.63) is 36.3 Å². The Balaban J connectivity index is 0.000000173. The molecule has 2 aromatic heterocycles. The van der Waals surface area contributed by atoms with Crippen LogP contribution in [0.3, 0.4) is 0 Å². The normalized spacial score (nSPS) is 16.2. The number of hydrogen-bond donors (Lipinski definition) is 2. The van der Waals surface area contributed by atoms with Crippen LogP contribution in [0.1, 0.15) is 57.4 Å². The maximum Gasteiger partial charge on any atom is 0.136 e. The fraction of sp³-hybridized carbons (Fsp3) is 0.450. The average molecular weight is 336 g/mol. The summed E-state index contributed by atoms with van der Waals surface area (Å²) in [6.07, 6.45) is 8.64. The van der Waals surface area contributed by atoms with Crippen LogP contribution in [0, 0.1) is 17.2 Å². The number of imidazole rings is 1. The zero-order valence-corrected chi connectivity index (χ0v) is 14.6. The van der Waals surface area contributed by atoms with Crippen molar-refractivity contribution in [3.63, 3.8) is 0 Å². The van der Waals surface area contributed by atoms with Crippen LogP contribution >= 0.6 is 0 Å². The third-order valence-electron chi connectivity index (χ3n) is 4.74. The summed E-state index contributed by atoms with van der Waals surface area (Å²) in [7, 11) is 0. The molecule has 1 aromatic carbocycles. The number of nitrogens with zero attached hydrogens (tertiary/aromatic N) is 3. The summed E-state index contributed by atoms with van der Waals surface area (Å²) in [6, 6.07) is 10.1. The number of nitrogens with one attached hydrogen (secondary N) is 1. The molecule has 3 aromatic rings. The van der Waals surface area contributed by atoms with Gasteiger partial charge in [-0.15, -0.1) is 0 Å². The fourth-order valence-corrected chi connectivity index (χ4v) is 3.34. The molecule has 4 rings (SSSR count). The number of para-hydroxylation sites is 1. The van der Waals surface area contributed by atoms with Crippen molar-refractivity contribution in [3.8, 4) is 6.07 Å². The number of aliphatic hydroxyl groups is 1. The van der Waals surface area contributed by atoms with E-state index < -0.39 is 6.10 Å². The van der Waals surface area contributed by atoms with Gasteiger partial charge in [0.1, 0.15) is 11.9 Å². The van der Waals surface area contributed by atoms with Crippen molar-refractivity contribution >= 4 is 21.9 Å². The van der Waals surface area contributed by atoms with E-state index in [1.165, 1.54) is 32.1 Å². The summed E-state index contributed by atoms with van der Waals surface area (Å²) in [5, 5.41) is 18.9. The molecule has 1 unspecified atom stereocenters. The van der Waals surface area contributed by atoms with Crippen LogP contribution in [0.4, 0.5) is 0 Å². The van der Waals surface area contributed by atoms with E-state index in [4.69, 9.17) is 5.26 Å². The summed E-state index contributed by atoms with van der Waals surface area (Å²) < 4.78 is 0. The van der Waals surface area contributed by atoms with Gasteiger partial charge in [0.25, 0.3) is 0 Å². The van der Waals surface area contributed by atoms with Crippen molar-refractivity contribution in [2.75, 3.05) is 0 Å². The highest BCUT2D eigenvalue weighted by Gasteiger charge is 2.12. The van der Waals surface area contributed by atoms with Gasteiger partial charge in [0.05, 0.1) is 28.8 Å². The number of rotatable bonds is 2. The van der Waals surface area contributed by atoms with Crippen LogP contribution in [0.15, 0.2) is 30.5 Å². The van der Waals surface area contributed by atoms with Crippen LogP contribution in [0.5, 0.6) is 0 Å². The number of nitriles is 1. The maximum atomic E-state index is 9.48. The Labute approximate surface area is 147 Å². The second-order valence-corrected chi connectivity index (χ2v) is 6.70. The summed E-state index contributed by atoms with van der Waals surface area (Å²) >= 11 is 0. The van der Waals surface area contributed by atoms with E-state index in [0.29, 0.717) is 5.82 Å². The van der Waals surface area contributed by atoms with E-state index >= 15 is 0 Å². The van der Waals surface area contributed by atoms with Crippen LogP contribution < -0.4 is 0 Å². The molecule has 1 aliphatic carbocycles. The highest BCUT2D eigenvalue weighted by molar-refractivity contribution is 6.01. The van der Waals surface area contributed by atoms with Crippen LogP contribution in [-0.4, -0.2) is 20.1 Å². The van der Waals surface area contributed by atoms with Gasteiger partial charge in [-0.25, -0.2) is 4.98 Å². The molecule has 1 atom stereocenters. The predicted molar refractivity (Wildman–Crippen MR) is 98.8 cm³/mol. The summed E-state index contributed by atoms with van der Waals surface area (Å²) in [5.74, 6) is 1.32. The SMILES string of the molecule is CC(O)c1nc2c(cnc3ccccc32)[nH]1.N#CCC1CCCCC1. The molecule has 0 radical (unpaired) electrons.